The van der Waals surface area contributed by atoms with Crippen molar-refractivity contribution in [2.75, 3.05) is 11.9 Å². The Hall–Kier alpha value is -1.39. The lowest BCUT2D eigenvalue weighted by Gasteiger charge is -2.20. The fourth-order valence-electron chi connectivity index (χ4n) is 2.22. The van der Waals surface area contributed by atoms with Crippen LogP contribution in [0.4, 0.5) is 5.69 Å². The molecule has 0 saturated heterocycles. The minimum absolute atomic E-state index is 0.257. The van der Waals surface area contributed by atoms with Crippen molar-refractivity contribution in [3.05, 3.63) is 45.9 Å². The van der Waals surface area contributed by atoms with Crippen molar-refractivity contribution in [1.29, 1.82) is 0 Å². The summed E-state index contributed by atoms with van der Waals surface area (Å²) in [6.07, 6.45) is 1.98. The molecule has 0 amide bonds. The first-order chi connectivity index (χ1) is 9.60. The number of aromatic nitrogens is 1. The van der Waals surface area contributed by atoms with E-state index in [1.54, 1.807) is 11.3 Å². The van der Waals surface area contributed by atoms with Gasteiger partial charge in [0.2, 0.25) is 0 Å². The van der Waals surface area contributed by atoms with Gasteiger partial charge in [0.25, 0.3) is 0 Å². The molecule has 1 aromatic heterocycles. The minimum atomic E-state index is 0.257. The smallest absolute Gasteiger partial charge is 0.0795 e. The van der Waals surface area contributed by atoms with E-state index in [2.05, 4.69) is 54.4 Å². The van der Waals surface area contributed by atoms with E-state index in [1.165, 1.54) is 16.8 Å². The zero-order chi connectivity index (χ0) is 14.5. The third-order valence-electron chi connectivity index (χ3n) is 3.66. The van der Waals surface area contributed by atoms with Crippen molar-refractivity contribution in [3.8, 4) is 0 Å². The quantitative estimate of drug-likeness (QED) is 0.886. The SMILES string of the molecule is CCC(N)Cc1ccc(N(C)Cc2cscn2)cc1C. The van der Waals surface area contributed by atoms with Crippen LogP contribution in [0, 0.1) is 6.92 Å². The zero-order valence-corrected chi connectivity index (χ0v) is 13.3. The Morgan fingerprint density at radius 3 is 2.80 bits per heavy atom. The summed E-state index contributed by atoms with van der Waals surface area (Å²) in [5.41, 5.74) is 12.9. The normalized spacial score (nSPS) is 12.4. The van der Waals surface area contributed by atoms with E-state index in [9.17, 15) is 0 Å². The average Bonchev–Trinajstić information content (AvgIpc) is 2.93. The molecule has 0 spiro atoms. The molecule has 0 aliphatic heterocycles. The number of hydrogen-bond donors (Lipinski definition) is 1. The van der Waals surface area contributed by atoms with Crippen LogP contribution in [-0.2, 0) is 13.0 Å². The van der Waals surface area contributed by atoms with Crippen LogP contribution in [0.15, 0.2) is 29.1 Å². The van der Waals surface area contributed by atoms with Gasteiger partial charge in [-0.2, -0.15) is 0 Å². The third-order valence-corrected chi connectivity index (χ3v) is 4.29. The predicted octanol–water partition coefficient (Wildman–Crippen LogP) is 3.37. The predicted molar refractivity (Wildman–Crippen MR) is 87.4 cm³/mol. The van der Waals surface area contributed by atoms with E-state index < -0.39 is 0 Å². The summed E-state index contributed by atoms with van der Waals surface area (Å²) in [6.45, 7) is 5.14. The molecule has 2 aromatic rings. The molecule has 0 bridgehead atoms. The number of thiazole rings is 1. The number of hydrogen-bond acceptors (Lipinski definition) is 4. The highest BCUT2D eigenvalue weighted by Crippen LogP contribution is 2.21. The fourth-order valence-corrected chi connectivity index (χ4v) is 2.77. The third kappa shape index (κ3) is 3.81. The summed E-state index contributed by atoms with van der Waals surface area (Å²) in [5.74, 6) is 0. The molecular formula is C16H23N3S. The monoisotopic (exact) mass is 289 g/mol. The number of nitrogens with zero attached hydrogens (tertiary/aromatic N) is 2. The Morgan fingerprint density at radius 2 is 2.20 bits per heavy atom. The van der Waals surface area contributed by atoms with Gasteiger partial charge in [-0.15, -0.1) is 11.3 Å². The molecule has 1 atom stereocenters. The average molecular weight is 289 g/mol. The second kappa shape index (κ2) is 6.86. The van der Waals surface area contributed by atoms with Crippen molar-refractivity contribution in [1.82, 2.24) is 4.98 Å². The number of anilines is 1. The fraction of sp³-hybridized carbons (Fsp3) is 0.438. The maximum absolute atomic E-state index is 6.04. The molecular weight excluding hydrogens is 266 g/mol. The van der Waals surface area contributed by atoms with Gasteiger partial charge in [-0.1, -0.05) is 13.0 Å². The van der Waals surface area contributed by atoms with Gasteiger partial charge in [0.05, 0.1) is 17.7 Å². The standard InChI is InChI=1S/C16H23N3S/c1-4-14(17)8-13-5-6-16(7-12(13)2)19(3)9-15-10-20-11-18-15/h5-7,10-11,14H,4,8-9,17H2,1-3H3. The summed E-state index contributed by atoms with van der Waals surface area (Å²) in [5, 5.41) is 2.10. The molecule has 1 unspecified atom stereocenters. The number of aryl methyl sites for hydroxylation is 1. The van der Waals surface area contributed by atoms with Crippen molar-refractivity contribution >= 4 is 17.0 Å². The molecule has 1 aromatic carbocycles. The van der Waals surface area contributed by atoms with Crippen molar-refractivity contribution in [2.45, 2.75) is 39.3 Å². The van der Waals surface area contributed by atoms with Crippen LogP contribution >= 0.6 is 11.3 Å². The van der Waals surface area contributed by atoms with Crippen LogP contribution in [0.1, 0.15) is 30.2 Å². The summed E-state index contributed by atoms with van der Waals surface area (Å²) in [4.78, 5) is 6.56. The summed E-state index contributed by atoms with van der Waals surface area (Å²) < 4.78 is 0. The first kappa shape index (κ1) is 15.0. The highest BCUT2D eigenvalue weighted by molar-refractivity contribution is 7.07. The van der Waals surface area contributed by atoms with E-state index in [1.807, 2.05) is 5.51 Å². The van der Waals surface area contributed by atoms with Crippen LogP contribution < -0.4 is 10.6 Å². The Bertz CT molecular complexity index is 537. The first-order valence-corrected chi connectivity index (χ1v) is 7.97. The number of benzene rings is 1. The van der Waals surface area contributed by atoms with Crippen molar-refractivity contribution in [2.24, 2.45) is 5.73 Å². The topological polar surface area (TPSA) is 42.1 Å². The van der Waals surface area contributed by atoms with Gasteiger partial charge in [0, 0.05) is 24.2 Å². The molecule has 3 nitrogen and oxygen atoms in total. The molecule has 4 heteroatoms. The van der Waals surface area contributed by atoms with Gasteiger partial charge in [0.15, 0.2) is 0 Å². The van der Waals surface area contributed by atoms with Gasteiger partial charge in [-0.3, -0.25) is 0 Å². The zero-order valence-electron chi connectivity index (χ0n) is 12.5. The van der Waals surface area contributed by atoms with Crippen LogP contribution in [0.3, 0.4) is 0 Å². The highest BCUT2D eigenvalue weighted by Gasteiger charge is 2.08. The lowest BCUT2D eigenvalue weighted by Crippen LogP contribution is -2.22. The highest BCUT2D eigenvalue weighted by atomic mass is 32.1. The summed E-state index contributed by atoms with van der Waals surface area (Å²) in [7, 11) is 2.10. The molecule has 108 valence electrons. The maximum atomic E-state index is 6.04. The summed E-state index contributed by atoms with van der Waals surface area (Å²) in [6, 6.07) is 6.88. The lowest BCUT2D eigenvalue weighted by molar-refractivity contribution is 0.644. The molecule has 1 heterocycles. The number of nitrogens with two attached hydrogens (primary N) is 1. The van der Waals surface area contributed by atoms with Gasteiger partial charge in [0.1, 0.15) is 0 Å². The van der Waals surface area contributed by atoms with Crippen LogP contribution in [0.2, 0.25) is 0 Å². The van der Waals surface area contributed by atoms with Gasteiger partial charge in [-0.05, 0) is 43.0 Å². The number of rotatable bonds is 6. The molecule has 0 aliphatic rings. The second-order valence-electron chi connectivity index (χ2n) is 5.32. The van der Waals surface area contributed by atoms with Gasteiger partial charge < -0.3 is 10.6 Å². The summed E-state index contributed by atoms with van der Waals surface area (Å²) >= 11 is 1.64. The van der Waals surface area contributed by atoms with Crippen LogP contribution in [0.5, 0.6) is 0 Å². The van der Waals surface area contributed by atoms with E-state index in [4.69, 9.17) is 5.73 Å². The Kier molecular flexibility index (Phi) is 5.15. The van der Waals surface area contributed by atoms with E-state index in [0.29, 0.717) is 0 Å². The van der Waals surface area contributed by atoms with Gasteiger partial charge >= 0.3 is 0 Å². The van der Waals surface area contributed by atoms with E-state index >= 15 is 0 Å². The molecule has 0 saturated carbocycles. The van der Waals surface area contributed by atoms with Crippen LogP contribution in [0.25, 0.3) is 0 Å². The molecule has 2 N–H and O–H groups in total. The van der Waals surface area contributed by atoms with Crippen molar-refractivity contribution in [3.63, 3.8) is 0 Å². The van der Waals surface area contributed by atoms with Gasteiger partial charge in [-0.25, -0.2) is 4.98 Å². The lowest BCUT2D eigenvalue weighted by atomic mass is 9.99. The Balaban J connectivity index is 2.08. The maximum Gasteiger partial charge on any atom is 0.0795 e. The minimum Gasteiger partial charge on any atom is -0.369 e. The largest absolute Gasteiger partial charge is 0.369 e. The first-order valence-electron chi connectivity index (χ1n) is 7.03. The van der Waals surface area contributed by atoms with E-state index in [-0.39, 0.29) is 6.04 Å². The second-order valence-corrected chi connectivity index (χ2v) is 6.04. The molecule has 0 radical (unpaired) electrons. The molecule has 20 heavy (non-hydrogen) atoms. The molecule has 2 rings (SSSR count). The Labute approximate surface area is 125 Å². The van der Waals surface area contributed by atoms with E-state index in [0.717, 1.165) is 25.1 Å². The molecule has 0 fully saturated rings. The Morgan fingerprint density at radius 1 is 1.40 bits per heavy atom. The van der Waals surface area contributed by atoms with Crippen LogP contribution in [-0.4, -0.2) is 18.1 Å². The van der Waals surface area contributed by atoms with Crippen molar-refractivity contribution < 1.29 is 0 Å². The molecule has 0 aliphatic carbocycles.